The van der Waals surface area contributed by atoms with Crippen molar-refractivity contribution in [2.45, 2.75) is 45.8 Å². The maximum atomic E-state index is 12.4. The van der Waals surface area contributed by atoms with Crippen LogP contribution in [-0.4, -0.2) is 49.5 Å². The van der Waals surface area contributed by atoms with Crippen LogP contribution in [-0.2, 0) is 27.2 Å². The number of esters is 1. The number of anilines is 2. The highest BCUT2D eigenvalue weighted by atomic mass is 32.1. The number of carbonyl (C=O) groups is 1. The Balaban J connectivity index is 1.91. The van der Waals surface area contributed by atoms with Crippen molar-refractivity contribution in [1.29, 1.82) is 0 Å². The molecule has 2 aromatic heterocycles. The van der Waals surface area contributed by atoms with Gasteiger partial charge in [-0.05, 0) is 25.8 Å². The van der Waals surface area contributed by atoms with Gasteiger partial charge in [-0.15, -0.1) is 11.3 Å². The summed E-state index contributed by atoms with van der Waals surface area (Å²) in [5, 5.41) is 0.892. The number of hydrogen-bond acceptors (Lipinski definition) is 8. The van der Waals surface area contributed by atoms with E-state index in [1.165, 1.54) is 11.3 Å². The minimum atomic E-state index is -0.380. The maximum absolute atomic E-state index is 12.4. The van der Waals surface area contributed by atoms with Crippen molar-refractivity contribution in [2.24, 2.45) is 0 Å². The van der Waals surface area contributed by atoms with Gasteiger partial charge in [0, 0.05) is 30.5 Å². The first-order valence-corrected chi connectivity index (χ1v) is 10.7. The number of nitrogen functional groups attached to an aromatic ring is 1. The van der Waals surface area contributed by atoms with Gasteiger partial charge < -0.3 is 24.8 Å². The molecular weight excluding hydrogens is 378 g/mol. The summed E-state index contributed by atoms with van der Waals surface area (Å²) in [6, 6.07) is 0. The van der Waals surface area contributed by atoms with Crippen molar-refractivity contribution in [3.05, 3.63) is 16.0 Å². The predicted octanol–water partition coefficient (Wildman–Crippen LogP) is 3.13. The number of rotatable bonds is 4. The fourth-order valence-electron chi connectivity index (χ4n) is 3.88. The van der Waals surface area contributed by atoms with E-state index in [-0.39, 0.29) is 11.6 Å². The molecule has 4 heterocycles. The lowest BCUT2D eigenvalue weighted by molar-refractivity contribution is -0.0558. The first kappa shape index (κ1) is 19.4. The van der Waals surface area contributed by atoms with Crippen molar-refractivity contribution < 1.29 is 19.0 Å². The summed E-state index contributed by atoms with van der Waals surface area (Å²) >= 11 is 1.32. The van der Waals surface area contributed by atoms with E-state index in [1.54, 1.807) is 6.92 Å². The van der Waals surface area contributed by atoms with Crippen LogP contribution >= 0.6 is 11.3 Å². The molecule has 1 fully saturated rings. The van der Waals surface area contributed by atoms with E-state index >= 15 is 0 Å². The van der Waals surface area contributed by atoms with Crippen LogP contribution < -0.4 is 10.6 Å². The lowest BCUT2D eigenvalue weighted by atomic mass is 9.87. The number of nitrogens with zero attached hydrogens (tertiary/aromatic N) is 2. The van der Waals surface area contributed by atoms with Crippen LogP contribution in [0, 0.1) is 0 Å². The van der Waals surface area contributed by atoms with E-state index in [9.17, 15) is 4.79 Å². The minimum absolute atomic E-state index is 0.248. The number of thiophene rings is 1. The Morgan fingerprint density at radius 2 is 2.07 bits per heavy atom. The molecule has 2 aromatic rings. The van der Waals surface area contributed by atoms with Crippen molar-refractivity contribution >= 4 is 39.0 Å². The van der Waals surface area contributed by atoms with Crippen LogP contribution in [0.1, 0.15) is 48.0 Å². The average molecular weight is 406 g/mol. The molecule has 8 heteroatoms. The molecule has 2 aliphatic heterocycles. The number of pyridine rings is 1. The van der Waals surface area contributed by atoms with Crippen LogP contribution in [0.15, 0.2) is 0 Å². The molecule has 152 valence electrons. The summed E-state index contributed by atoms with van der Waals surface area (Å²) in [6.07, 6.45) is 1.65. The molecule has 1 atom stereocenters. The quantitative estimate of drug-likeness (QED) is 0.782. The van der Waals surface area contributed by atoms with Crippen molar-refractivity contribution in [3.8, 4) is 0 Å². The molecule has 4 rings (SSSR count). The third-order valence-electron chi connectivity index (χ3n) is 5.71. The number of fused-ring (bicyclic) bond motifs is 3. The summed E-state index contributed by atoms with van der Waals surface area (Å²) in [4.78, 5) is 20.8. The number of ether oxygens (including phenoxy) is 3. The van der Waals surface area contributed by atoms with Gasteiger partial charge in [0.25, 0.3) is 0 Å². The Morgan fingerprint density at radius 1 is 1.32 bits per heavy atom. The Bertz CT molecular complexity index is 907. The molecule has 0 aliphatic carbocycles. The Morgan fingerprint density at radius 3 is 2.75 bits per heavy atom. The van der Waals surface area contributed by atoms with Crippen LogP contribution in [0.4, 0.5) is 11.5 Å². The molecule has 2 aliphatic rings. The van der Waals surface area contributed by atoms with Crippen molar-refractivity contribution in [3.63, 3.8) is 0 Å². The van der Waals surface area contributed by atoms with E-state index in [0.29, 0.717) is 37.0 Å². The molecule has 2 N–H and O–H groups in total. The highest BCUT2D eigenvalue weighted by Gasteiger charge is 2.35. The normalized spacial score (nSPS) is 22.3. The maximum Gasteiger partial charge on any atom is 0.350 e. The van der Waals surface area contributed by atoms with Gasteiger partial charge in [-0.1, -0.05) is 6.92 Å². The summed E-state index contributed by atoms with van der Waals surface area (Å²) in [5.74, 6) is 0.551. The fourth-order valence-corrected chi connectivity index (χ4v) is 4.90. The van der Waals surface area contributed by atoms with Crippen molar-refractivity contribution in [2.75, 3.05) is 43.5 Å². The Kier molecular flexibility index (Phi) is 5.20. The van der Waals surface area contributed by atoms with Gasteiger partial charge >= 0.3 is 5.97 Å². The van der Waals surface area contributed by atoms with Gasteiger partial charge in [0.1, 0.15) is 15.5 Å². The largest absolute Gasteiger partial charge is 0.462 e. The standard InChI is InChI=1S/C20H27N3O4S/c1-4-20(3)10-12-13(11-27-20)17(23-6-8-25-9-7-23)22-18-14(12)15(21)16(28-18)19(24)26-5-2/h4-11,21H2,1-3H3/t20-/m1/s1. The minimum Gasteiger partial charge on any atom is -0.462 e. The Labute approximate surface area is 168 Å². The highest BCUT2D eigenvalue weighted by molar-refractivity contribution is 7.21. The second kappa shape index (κ2) is 7.50. The van der Waals surface area contributed by atoms with Crippen LogP contribution in [0.2, 0.25) is 0 Å². The third-order valence-corrected chi connectivity index (χ3v) is 6.78. The number of carbonyl (C=O) groups excluding carboxylic acids is 1. The molecule has 0 aromatic carbocycles. The molecule has 0 bridgehead atoms. The molecular formula is C20H27N3O4S. The molecule has 7 nitrogen and oxygen atoms in total. The van der Waals surface area contributed by atoms with Gasteiger partial charge in [-0.2, -0.15) is 0 Å². The number of morpholine rings is 1. The van der Waals surface area contributed by atoms with E-state index in [4.69, 9.17) is 24.9 Å². The monoisotopic (exact) mass is 405 g/mol. The molecule has 1 saturated heterocycles. The first-order chi connectivity index (χ1) is 13.5. The van der Waals surface area contributed by atoms with E-state index in [2.05, 4.69) is 18.7 Å². The number of hydrogen-bond donors (Lipinski definition) is 1. The molecule has 0 amide bonds. The second-order valence-electron chi connectivity index (χ2n) is 7.51. The highest BCUT2D eigenvalue weighted by Crippen LogP contribution is 2.44. The van der Waals surface area contributed by atoms with Gasteiger partial charge in [-0.3, -0.25) is 0 Å². The fraction of sp³-hybridized carbons (Fsp3) is 0.600. The topological polar surface area (TPSA) is 86.9 Å². The summed E-state index contributed by atoms with van der Waals surface area (Å²) in [7, 11) is 0. The average Bonchev–Trinajstić information content (AvgIpc) is 3.05. The van der Waals surface area contributed by atoms with E-state index in [1.807, 2.05) is 0 Å². The molecule has 0 saturated carbocycles. The van der Waals surface area contributed by atoms with E-state index < -0.39 is 0 Å². The van der Waals surface area contributed by atoms with Gasteiger partial charge in [0.05, 0.1) is 37.7 Å². The van der Waals surface area contributed by atoms with Gasteiger partial charge in [-0.25, -0.2) is 9.78 Å². The number of aromatic nitrogens is 1. The zero-order valence-corrected chi connectivity index (χ0v) is 17.5. The molecule has 0 spiro atoms. The Hall–Kier alpha value is -1.90. The van der Waals surface area contributed by atoms with Crippen LogP contribution in [0.25, 0.3) is 10.2 Å². The second-order valence-corrected chi connectivity index (χ2v) is 8.51. The SMILES string of the molecule is CCOC(=O)c1sc2nc(N3CCOCC3)c3c(c2c1N)C[C@@](C)(CC)OC3. The van der Waals surface area contributed by atoms with Crippen LogP contribution in [0.5, 0.6) is 0 Å². The van der Waals surface area contributed by atoms with Crippen LogP contribution in [0.3, 0.4) is 0 Å². The lowest BCUT2D eigenvalue weighted by Crippen LogP contribution is -2.40. The van der Waals surface area contributed by atoms with Gasteiger partial charge in [0.15, 0.2) is 0 Å². The van der Waals surface area contributed by atoms with E-state index in [0.717, 1.165) is 53.1 Å². The molecule has 28 heavy (non-hydrogen) atoms. The predicted molar refractivity (Wildman–Crippen MR) is 110 cm³/mol. The smallest absolute Gasteiger partial charge is 0.350 e. The lowest BCUT2D eigenvalue weighted by Gasteiger charge is -2.37. The first-order valence-electron chi connectivity index (χ1n) is 9.85. The molecule has 0 radical (unpaired) electrons. The van der Waals surface area contributed by atoms with Gasteiger partial charge in [0.2, 0.25) is 0 Å². The molecule has 0 unspecified atom stereocenters. The summed E-state index contributed by atoms with van der Waals surface area (Å²) < 4.78 is 16.9. The van der Waals surface area contributed by atoms with Crippen molar-refractivity contribution in [1.82, 2.24) is 4.98 Å². The summed E-state index contributed by atoms with van der Waals surface area (Å²) in [6.45, 7) is 9.83. The zero-order valence-electron chi connectivity index (χ0n) is 16.7. The number of nitrogens with two attached hydrogens (primary N) is 1. The summed E-state index contributed by atoms with van der Waals surface area (Å²) in [5.41, 5.74) is 8.92. The third kappa shape index (κ3) is 3.23. The zero-order chi connectivity index (χ0) is 19.9.